The third-order valence-corrected chi connectivity index (χ3v) is 9.48. The number of para-hydroxylation sites is 2. The molecule has 2 aromatic heterocycles. The fraction of sp³-hybridized carbons (Fsp3) is 0.0698. The van der Waals surface area contributed by atoms with Crippen LogP contribution in [0.15, 0.2) is 156 Å². The van der Waals surface area contributed by atoms with Crippen molar-refractivity contribution in [3.63, 3.8) is 0 Å². The Morgan fingerprint density at radius 1 is 0.489 bits per heavy atom. The van der Waals surface area contributed by atoms with Gasteiger partial charge in [-0.15, -0.1) is 0 Å². The molecule has 0 saturated carbocycles. The van der Waals surface area contributed by atoms with Crippen molar-refractivity contribution in [3.8, 4) is 33.9 Å². The molecule has 9 rings (SSSR count). The second-order valence-corrected chi connectivity index (χ2v) is 12.7. The maximum atomic E-state index is 6.39. The van der Waals surface area contributed by atoms with Crippen molar-refractivity contribution in [2.75, 3.05) is 4.90 Å². The van der Waals surface area contributed by atoms with Crippen molar-refractivity contribution in [2.24, 2.45) is 0 Å². The van der Waals surface area contributed by atoms with Gasteiger partial charge in [-0.05, 0) is 59.7 Å². The van der Waals surface area contributed by atoms with Crippen LogP contribution in [0.4, 0.5) is 17.1 Å². The van der Waals surface area contributed by atoms with Crippen molar-refractivity contribution in [1.82, 2.24) is 9.97 Å². The topological polar surface area (TPSA) is 42.2 Å². The Kier molecular flexibility index (Phi) is 6.12. The molecule has 0 atom stereocenters. The van der Waals surface area contributed by atoms with Crippen LogP contribution in [0.3, 0.4) is 0 Å². The predicted octanol–water partition coefficient (Wildman–Crippen LogP) is 11.5. The number of hydrogen-bond acceptors (Lipinski definition) is 4. The average molecular weight is 606 g/mol. The maximum absolute atomic E-state index is 6.39. The van der Waals surface area contributed by atoms with E-state index in [-0.39, 0.29) is 5.41 Å². The number of fused-ring (bicyclic) bond motifs is 5. The zero-order valence-corrected chi connectivity index (χ0v) is 26.2. The van der Waals surface area contributed by atoms with E-state index in [4.69, 9.17) is 14.4 Å². The summed E-state index contributed by atoms with van der Waals surface area (Å²) in [6, 6.07) is 52.9. The molecule has 0 saturated heterocycles. The van der Waals surface area contributed by atoms with Crippen molar-refractivity contribution in [1.29, 1.82) is 0 Å². The zero-order chi connectivity index (χ0) is 31.5. The number of hydrogen-bond donors (Lipinski definition) is 0. The van der Waals surface area contributed by atoms with E-state index in [1.807, 2.05) is 48.5 Å². The largest absolute Gasteiger partial charge is 0.456 e. The molecule has 224 valence electrons. The summed E-state index contributed by atoms with van der Waals surface area (Å²) in [4.78, 5) is 12.5. The quantitative estimate of drug-likeness (QED) is 0.200. The first kappa shape index (κ1) is 27.3. The lowest BCUT2D eigenvalue weighted by Crippen LogP contribution is -2.30. The van der Waals surface area contributed by atoms with Crippen LogP contribution < -0.4 is 4.90 Å². The highest BCUT2D eigenvalue weighted by molar-refractivity contribution is 6.07. The van der Waals surface area contributed by atoms with Gasteiger partial charge in [0, 0.05) is 44.6 Å². The highest BCUT2D eigenvalue weighted by atomic mass is 16.3. The SMILES string of the molecule is CC1(C)c2ccccc2N(c2ccc(-c3nc(-c4ccccc4)cc(-c4ccccc4)n3)cc2)c2cc3oc4ccccc4c3cc21. The zero-order valence-electron chi connectivity index (χ0n) is 26.2. The van der Waals surface area contributed by atoms with Crippen LogP contribution >= 0.6 is 0 Å². The van der Waals surface area contributed by atoms with Gasteiger partial charge in [0.05, 0.1) is 22.8 Å². The average Bonchev–Trinajstić information content (AvgIpc) is 3.50. The van der Waals surface area contributed by atoms with E-state index < -0.39 is 0 Å². The van der Waals surface area contributed by atoms with Gasteiger partial charge in [-0.2, -0.15) is 0 Å². The van der Waals surface area contributed by atoms with E-state index in [9.17, 15) is 0 Å². The Balaban J connectivity index is 1.19. The summed E-state index contributed by atoms with van der Waals surface area (Å²) in [5, 5.41) is 2.29. The Morgan fingerprint density at radius 3 is 1.81 bits per heavy atom. The molecule has 0 unspecified atom stereocenters. The third-order valence-electron chi connectivity index (χ3n) is 9.48. The summed E-state index contributed by atoms with van der Waals surface area (Å²) >= 11 is 0. The minimum Gasteiger partial charge on any atom is -0.456 e. The summed E-state index contributed by atoms with van der Waals surface area (Å²) in [6.45, 7) is 4.64. The van der Waals surface area contributed by atoms with E-state index in [0.717, 1.165) is 61.4 Å². The molecular weight excluding hydrogens is 574 g/mol. The van der Waals surface area contributed by atoms with Crippen LogP contribution in [-0.4, -0.2) is 9.97 Å². The minimum absolute atomic E-state index is 0.200. The van der Waals surface area contributed by atoms with Gasteiger partial charge in [-0.3, -0.25) is 0 Å². The van der Waals surface area contributed by atoms with Gasteiger partial charge in [0.25, 0.3) is 0 Å². The molecule has 47 heavy (non-hydrogen) atoms. The molecule has 0 N–H and O–H groups in total. The Bertz CT molecular complexity index is 2370. The third kappa shape index (κ3) is 4.44. The molecule has 0 spiro atoms. The fourth-order valence-electron chi connectivity index (χ4n) is 7.05. The van der Waals surface area contributed by atoms with E-state index >= 15 is 0 Å². The first-order valence-corrected chi connectivity index (χ1v) is 16.0. The Labute approximate surface area is 273 Å². The van der Waals surface area contributed by atoms with Gasteiger partial charge in [0.15, 0.2) is 5.82 Å². The summed E-state index contributed by atoms with van der Waals surface area (Å²) in [6.07, 6.45) is 0. The number of anilines is 3. The molecule has 0 amide bonds. The van der Waals surface area contributed by atoms with Crippen molar-refractivity contribution in [3.05, 3.63) is 163 Å². The number of furan rings is 1. The molecule has 0 fully saturated rings. The first-order valence-electron chi connectivity index (χ1n) is 16.0. The van der Waals surface area contributed by atoms with Crippen molar-refractivity contribution < 1.29 is 4.42 Å². The second kappa shape index (κ2) is 10.5. The number of rotatable bonds is 4. The van der Waals surface area contributed by atoms with Gasteiger partial charge < -0.3 is 9.32 Å². The van der Waals surface area contributed by atoms with Gasteiger partial charge in [0.1, 0.15) is 11.2 Å². The molecule has 4 heteroatoms. The van der Waals surface area contributed by atoms with E-state index in [0.29, 0.717) is 5.82 Å². The monoisotopic (exact) mass is 605 g/mol. The van der Waals surface area contributed by atoms with Crippen LogP contribution in [0, 0.1) is 0 Å². The van der Waals surface area contributed by atoms with Crippen molar-refractivity contribution >= 4 is 39.0 Å². The van der Waals surface area contributed by atoms with E-state index in [1.165, 1.54) is 16.8 Å². The maximum Gasteiger partial charge on any atom is 0.160 e. The Hall–Kier alpha value is -6.00. The highest BCUT2D eigenvalue weighted by Crippen LogP contribution is 2.53. The molecule has 1 aliphatic rings. The van der Waals surface area contributed by atoms with Crippen LogP contribution in [0.5, 0.6) is 0 Å². The van der Waals surface area contributed by atoms with E-state index in [1.54, 1.807) is 0 Å². The molecule has 6 aromatic carbocycles. The molecule has 1 aliphatic heterocycles. The fourth-order valence-corrected chi connectivity index (χ4v) is 7.05. The molecular formula is C43H31N3O. The van der Waals surface area contributed by atoms with Crippen LogP contribution in [-0.2, 0) is 5.41 Å². The van der Waals surface area contributed by atoms with Crippen LogP contribution in [0.2, 0.25) is 0 Å². The smallest absolute Gasteiger partial charge is 0.160 e. The first-order chi connectivity index (χ1) is 23.0. The summed E-state index contributed by atoms with van der Waals surface area (Å²) in [5.74, 6) is 0.696. The summed E-state index contributed by atoms with van der Waals surface area (Å²) < 4.78 is 6.39. The van der Waals surface area contributed by atoms with Gasteiger partial charge in [-0.1, -0.05) is 111 Å². The number of nitrogens with zero attached hydrogens (tertiary/aromatic N) is 3. The molecule has 0 aliphatic carbocycles. The molecule has 0 bridgehead atoms. The molecule has 0 radical (unpaired) electrons. The highest BCUT2D eigenvalue weighted by Gasteiger charge is 2.37. The van der Waals surface area contributed by atoms with Gasteiger partial charge >= 0.3 is 0 Å². The molecule has 8 aromatic rings. The van der Waals surface area contributed by atoms with Crippen molar-refractivity contribution in [2.45, 2.75) is 19.3 Å². The number of aromatic nitrogens is 2. The molecule has 3 heterocycles. The van der Waals surface area contributed by atoms with Gasteiger partial charge in [-0.25, -0.2) is 9.97 Å². The normalized spacial score (nSPS) is 13.4. The van der Waals surface area contributed by atoms with Gasteiger partial charge in [0.2, 0.25) is 0 Å². The predicted molar refractivity (Wildman–Crippen MR) is 192 cm³/mol. The minimum atomic E-state index is -0.200. The lowest BCUT2D eigenvalue weighted by atomic mass is 9.73. The van der Waals surface area contributed by atoms with E-state index in [2.05, 4.69) is 122 Å². The molecule has 4 nitrogen and oxygen atoms in total. The summed E-state index contributed by atoms with van der Waals surface area (Å²) in [5.41, 5.74) is 12.4. The standard InChI is InChI=1S/C43H31N3O/c1-43(2)34-18-10-11-19-38(34)46(39-27-41-33(25-35(39)43)32-17-9-12-20-40(32)47-41)31-23-21-30(22-24-31)42-44-36(28-13-5-3-6-14-28)26-37(45-42)29-15-7-4-8-16-29/h3-27H,1-2H3. The number of benzene rings is 6. The lowest BCUT2D eigenvalue weighted by molar-refractivity contribution is 0.630. The lowest BCUT2D eigenvalue weighted by Gasteiger charge is -2.42. The second-order valence-electron chi connectivity index (χ2n) is 12.7. The summed E-state index contributed by atoms with van der Waals surface area (Å²) in [7, 11) is 0. The van der Waals surface area contributed by atoms with Crippen LogP contribution in [0.25, 0.3) is 55.8 Å². The van der Waals surface area contributed by atoms with Crippen LogP contribution in [0.1, 0.15) is 25.0 Å². The Morgan fingerprint density at radius 2 is 1.11 bits per heavy atom.